The lowest BCUT2D eigenvalue weighted by atomic mass is 9.80. The SMILES string of the molecule is Cc1ccc(NCC2(O)CCC2)c(C#N)c1. The van der Waals surface area contributed by atoms with Crippen LogP contribution in [0.3, 0.4) is 0 Å². The molecule has 2 N–H and O–H groups in total. The summed E-state index contributed by atoms with van der Waals surface area (Å²) >= 11 is 0. The summed E-state index contributed by atoms with van der Waals surface area (Å²) in [6.45, 7) is 2.49. The number of hydrogen-bond acceptors (Lipinski definition) is 3. The lowest BCUT2D eigenvalue weighted by Gasteiger charge is -2.37. The van der Waals surface area contributed by atoms with Gasteiger partial charge in [-0.3, -0.25) is 0 Å². The molecule has 0 radical (unpaired) electrons. The molecule has 2 rings (SSSR count). The molecule has 1 fully saturated rings. The Labute approximate surface area is 95.7 Å². The molecule has 1 aliphatic rings. The first kappa shape index (κ1) is 11.0. The van der Waals surface area contributed by atoms with Crippen molar-refractivity contribution >= 4 is 5.69 Å². The van der Waals surface area contributed by atoms with Crippen LogP contribution in [0, 0.1) is 18.3 Å². The van der Waals surface area contributed by atoms with Crippen molar-refractivity contribution in [1.29, 1.82) is 5.26 Å². The van der Waals surface area contributed by atoms with Gasteiger partial charge in [-0.15, -0.1) is 0 Å². The van der Waals surface area contributed by atoms with E-state index in [0.29, 0.717) is 12.1 Å². The molecule has 1 aliphatic carbocycles. The first-order valence-electron chi connectivity index (χ1n) is 5.60. The second kappa shape index (κ2) is 4.15. The number of aryl methyl sites for hydroxylation is 1. The van der Waals surface area contributed by atoms with Gasteiger partial charge in [-0.2, -0.15) is 5.26 Å². The van der Waals surface area contributed by atoms with E-state index in [9.17, 15) is 5.11 Å². The minimum absolute atomic E-state index is 0.532. The highest BCUT2D eigenvalue weighted by Gasteiger charge is 2.34. The van der Waals surface area contributed by atoms with Gasteiger partial charge in [0.2, 0.25) is 0 Å². The van der Waals surface area contributed by atoms with Crippen molar-refractivity contribution in [2.45, 2.75) is 31.8 Å². The van der Waals surface area contributed by atoms with Crippen molar-refractivity contribution < 1.29 is 5.11 Å². The van der Waals surface area contributed by atoms with Crippen molar-refractivity contribution in [2.24, 2.45) is 0 Å². The van der Waals surface area contributed by atoms with Crippen molar-refractivity contribution in [1.82, 2.24) is 0 Å². The maximum absolute atomic E-state index is 9.94. The molecule has 16 heavy (non-hydrogen) atoms. The van der Waals surface area contributed by atoms with Crippen LogP contribution in [0.1, 0.15) is 30.4 Å². The Morgan fingerprint density at radius 1 is 1.50 bits per heavy atom. The Bertz CT molecular complexity index is 430. The Hall–Kier alpha value is -1.53. The van der Waals surface area contributed by atoms with E-state index in [0.717, 1.165) is 30.5 Å². The van der Waals surface area contributed by atoms with Crippen LogP contribution < -0.4 is 5.32 Å². The van der Waals surface area contributed by atoms with Crippen LogP contribution in [0.25, 0.3) is 0 Å². The van der Waals surface area contributed by atoms with E-state index in [1.54, 1.807) is 0 Å². The summed E-state index contributed by atoms with van der Waals surface area (Å²) in [5.74, 6) is 0. The highest BCUT2D eigenvalue weighted by Crippen LogP contribution is 2.32. The first-order valence-corrected chi connectivity index (χ1v) is 5.60. The molecule has 0 unspecified atom stereocenters. The number of benzene rings is 1. The summed E-state index contributed by atoms with van der Waals surface area (Å²) in [5, 5.41) is 22.1. The number of aliphatic hydroxyl groups is 1. The molecule has 0 aromatic heterocycles. The molecule has 0 amide bonds. The fourth-order valence-corrected chi connectivity index (χ4v) is 1.93. The quantitative estimate of drug-likeness (QED) is 0.814. The smallest absolute Gasteiger partial charge is 0.101 e. The third-order valence-corrected chi connectivity index (χ3v) is 3.19. The molecule has 0 saturated heterocycles. The van der Waals surface area contributed by atoms with Gasteiger partial charge in [0, 0.05) is 6.54 Å². The van der Waals surface area contributed by atoms with E-state index in [-0.39, 0.29) is 0 Å². The van der Waals surface area contributed by atoms with Crippen molar-refractivity contribution in [3.8, 4) is 6.07 Å². The Morgan fingerprint density at radius 3 is 2.81 bits per heavy atom. The van der Waals surface area contributed by atoms with Gasteiger partial charge >= 0.3 is 0 Å². The monoisotopic (exact) mass is 216 g/mol. The van der Waals surface area contributed by atoms with Crippen molar-refractivity contribution in [3.63, 3.8) is 0 Å². The zero-order chi connectivity index (χ0) is 11.6. The molecule has 0 bridgehead atoms. The molecule has 0 spiro atoms. The maximum Gasteiger partial charge on any atom is 0.101 e. The molecule has 84 valence electrons. The zero-order valence-corrected chi connectivity index (χ0v) is 9.45. The van der Waals surface area contributed by atoms with Crippen LogP contribution >= 0.6 is 0 Å². The van der Waals surface area contributed by atoms with Gasteiger partial charge in [0.15, 0.2) is 0 Å². The second-order valence-corrected chi connectivity index (χ2v) is 4.59. The fraction of sp³-hybridized carbons (Fsp3) is 0.462. The average Bonchev–Trinajstić information content (AvgIpc) is 2.24. The Balaban J connectivity index is 2.07. The van der Waals surface area contributed by atoms with Gasteiger partial charge in [-0.1, -0.05) is 6.07 Å². The van der Waals surface area contributed by atoms with Crippen LogP contribution in [0.15, 0.2) is 18.2 Å². The minimum atomic E-state index is -0.558. The van der Waals surface area contributed by atoms with Crippen molar-refractivity contribution in [3.05, 3.63) is 29.3 Å². The number of nitrogens with one attached hydrogen (secondary N) is 1. The largest absolute Gasteiger partial charge is 0.388 e. The summed E-state index contributed by atoms with van der Waals surface area (Å²) in [6, 6.07) is 7.88. The molecule has 3 nitrogen and oxygen atoms in total. The van der Waals surface area contributed by atoms with Gasteiger partial charge in [-0.25, -0.2) is 0 Å². The maximum atomic E-state index is 9.94. The zero-order valence-electron chi connectivity index (χ0n) is 9.45. The van der Waals surface area contributed by atoms with Crippen LogP contribution in [0.2, 0.25) is 0 Å². The highest BCUT2D eigenvalue weighted by molar-refractivity contribution is 5.58. The summed E-state index contributed by atoms with van der Waals surface area (Å²) in [7, 11) is 0. The molecule has 1 aromatic rings. The number of nitriles is 1. The summed E-state index contributed by atoms with van der Waals surface area (Å²) in [4.78, 5) is 0. The average molecular weight is 216 g/mol. The standard InChI is InChI=1S/C13H16N2O/c1-10-3-4-12(11(7-10)8-14)15-9-13(16)5-2-6-13/h3-4,7,15-16H,2,5-6,9H2,1H3. The van der Waals surface area contributed by atoms with Crippen LogP contribution in [-0.2, 0) is 0 Å². The first-order chi connectivity index (χ1) is 7.63. The molecule has 1 aromatic carbocycles. The van der Waals surface area contributed by atoms with Gasteiger partial charge in [0.1, 0.15) is 6.07 Å². The Kier molecular flexibility index (Phi) is 2.84. The third-order valence-electron chi connectivity index (χ3n) is 3.19. The van der Waals surface area contributed by atoms with Crippen molar-refractivity contribution in [2.75, 3.05) is 11.9 Å². The number of nitrogens with zero attached hydrogens (tertiary/aromatic N) is 1. The molecular weight excluding hydrogens is 200 g/mol. The van der Waals surface area contributed by atoms with E-state index < -0.39 is 5.60 Å². The number of hydrogen-bond donors (Lipinski definition) is 2. The van der Waals surface area contributed by atoms with Crippen LogP contribution in [0.5, 0.6) is 0 Å². The third kappa shape index (κ3) is 2.17. The summed E-state index contributed by atoms with van der Waals surface area (Å²) in [5.41, 5.74) is 1.97. The normalized spacial score (nSPS) is 17.3. The fourth-order valence-electron chi connectivity index (χ4n) is 1.93. The molecule has 0 heterocycles. The molecule has 3 heteroatoms. The topological polar surface area (TPSA) is 56.0 Å². The lowest BCUT2D eigenvalue weighted by Crippen LogP contribution is -2.43. The van der Waals surface area contributed by atoms with Crippen LogP contribution in [-0.4, -0.2) is 17.3 Å². The van der Waals surface area contributed by atoms with E-state index in [1.165, 1.54) is 0 Å². The number of rotatable bonds is 3. The molecule has 1 saturated carbocycles. The number of anilines is 1. The molecular formula is C13H16N2O. The van der Waals surface area contributed by atoms with E-state index in [4.69, 9.17) is 5.26 Å². The van der Waals surface area contributed by atoms with Gasteiger partial charge in [-0.05, 0) is 43.9 Å². The summed E-state index contributed by atoms with van der Waals surface area (Å²) in [6.07, 6.45) is 2.80. The van der Waals surface area contributed by atoms with Gasteiger partial charge < -0.3 is 10.4 Å². The lowest BCUT2D eigenvalue weighted by molar-refractivity contribution is -0.0201. The highest BCUT2D eigenvalue weighted by atomic mass is 16.3. The predicted molar refractivity (Wildman–Crippen MR) is 63.2 cm³/mol. The van der Waals surface area contributed by atoms with Gasteiger partial charge in [0.25, 0.3) is 0 Å². The van der Waals surface area contributed by atoms with Gasteiger partial charge in [0.05, 0.1) is 16.9 Å². The molecule has 0 atom stereocenters. The van der Waals surface area contributed by atoms with Crippen LogP contribution in [0.4, 0.5) is 5.69 Å². The predicted octanol–water partition coefficient (Wildman–Crippen LogP) is 2.19. The summed E-state index contributed by atoms with van der Waals surface area (Å²) < 4.78 is 0. The second-order valence-electron chi connectivity index (χ2n) is 4.59. The minimum Gasteiger partial charge on any atom is -0.388 e. The van der Waals surface area contributed by atoms with E-state index >= 15 is 0 Å². The van der Waals surface area contributed by atoms with E-state index in [1.807, 2.05) is 25.1 Å². The van der Waals surface area contributed by atoms with E-state index in [2.05, 4.69) is 11.4 Å². The Morgan fingerprint density at radius 2 is 2.25 bits per heavy atom. The molecule has 0 aliphatic heterocycles.